The van der Waals surface area contributed by atoms with Crippen LogP contribution in [0.1, 0.15) is 12.0 Å². The van der Waals surface area contributed by atoms with Gasteiger partial charge in [0.1, 0.15) is 11.6 Å². The Morgan fingerprint density at radius 3 is 2.61 bits per heavy atom. The van der Waals surface area contributed by atoms with Gasteiger partial charge in [-0.3, -0.25) is 9.59 Å². The maximum atomic E-state index is 13.5. The number of carboxylic acids is 1. The zero-order valence-corrected chi connectivity index (χ0v) is 12.7. The van der Waals surface area contributed by atoms with E-state index < -0.39 is 23.6 Å². The molecule has 1 aromatic carbocycles. The summed E-state index contributed by atoms with van der Waals surface area (Å²) in [6.45, 7) is 0.136. The van der Waals surface area contributed by atoms with Gasteiger partial charge in [0.25, 0.3) is 0 Å². The first-order valence-corrected chi connectivity index (χ1v) is 7.52. The van der Waals surface area contributed by atoms with Gasteiger partial charge in [-0.2, -0.15) is 0 Å². The van der Waals surface area contributed by atoms with Crippen LogP contribution < -0.4 is 10.1 Å². The first-order chi connectivity index (χ1) is 11.0. The van der Waals surface area contributed by atoms with Crippen molar-refractivity contribution < 1.29 is 23.8 Å². The number of hydrogen-bond acceptors (Lipinski definition) is 3. The minimum atomic E-state index is -0.936. The van der Waals surface area contributed by atoms with Crippen LogP contribution in [0.2, 0.25) is 0 Å². The summed E-state index contributed by atoms with van der Waals surface area (Å²) in [6.07, 6.45) is 4.53. The highest BCUT2D eigenvalue weighted by Gasteiger charge is 2.51. The molecule has 0 radical (unpaired) electrons. The first-order valence-electron chi connectivity index (χ1n) is 7.52. The van der Waals surface area contributed by atoms with E-state index in [1.165, 1.54) is 19.2 Å². The SMILES string of the molecule is COc1cc(F)cc(CNC(=O)C2C3C=CC(C3)C2C(=O)O)c1. The molecule has 23 heavy (non-hydrogen) atoms. The van der Waals surface area contributed by atoms with E-state index in [2.05, 4.69) is 5.32 Å². The summed E-state index contributed by atoms with van der Waals surface area (Å²) >= 11 is 0. The molecule has 3 rings (SSSR count). The van der Waals surface area contributed by atoms with E-state index >= 15 is 0 Å². The fraction of sp³-hybridized carbons (Fsp3) is 0.412. The highest BCUT2D eigenvalue weighted by atomic mass is 19.1. The number of hydrogen-bond donors (Lipinski definition) is 2. The van der Waals surface area contributed by atoms with E-state index in [0.717, 1.165) is 0 Å². The van der Waals surface area contributed by atoms with Gasteiger partial charge < -0.3 is 15.2 Å². The van der Waals surface area contributed by atoms with Crippen LogP contribution in [0, 0.1) is 29.5 Å². The van der Waals surface area contributed by atoms with Crippen molar-refractivity contribution in [2.75, 3.05) is 7.11 Å². The van der Waals surface area contributed by atoms with Gasteiger partial charge in [0.15, 0.2) is 0 Å². The Kier molecular flexibility index (Phi) is 4.07. The third-order valence-electron chi connectivity index (χ3n) is 4.68. The Morgan fingerprint density at radius 2 is 1.96 bits per heavy atom. The van der Waals surface area contributed by atoms with Crippen LogP contribution in [-0.4, -0.2) is 24.1 Å². The van der Waals surface area contributed by atoms with Crippen molar-refractivity contribution in [2.45, 2.75) is 13.0 Å². The minimum absolute atomic E-state index is 0.0249. The van der Waals surface area contributed by atoms with Crippen molar-refractivity contribution in [3.05, 3.63) is 41.7 Å². The first kappa shape index (κ1) is 15.5. The summed E-state index contributed by atoms with van der Waals surface area (Å²) in [7, 11) is 1.44. The Hall–Kier alpha value is -2.37. The molecule has 0 aliphatic heterocycles. The van der Waals surface area contributed by atoms with Crippen LogP contribution >= 0.6 is 0 Å². The fourth-order valence-electron chi connectivity index (χ4n) is 3.66. The van der Waals surface area contributed by atoms with Gasteiger partial charge in [0.2, 0.25) is 5.91 Å². The zero-order valence-electron chi connectivity index (χ0n) is 12.7. The number of carboxylic acid groups (broad SMARTS) is 1. The average Bonchev–Trinajstić information content (AvgIpc) is 3.12. The topological polar surface area (TPSA) is 75.6 Å². The average molecular weight is 319 g/mol. The third kappa shape index (κ3) is 2.93. The standard InChI is InChI=1S/C17H18FNO4/c1-23-13-5-9(4-12(18)7-13)8-19-16(20)14-10-2-3-11(6-10)15(14)17(21)22/h2-5,7,10-11,14-15H,6,8H2,1H3,(H,19,20)(H,21,22). The molecule has 2 bridgehead atoms. The van der Waals surface area contributed by atoms with Crippen molar-refractivity contribution >= 4 is 11.9 Å². The molecule has 6 heteroatoms. The number of aliphatic carboxylic acids is 1. The lowest BCUT2D eigenvalue weighted by atomic mass is 9.82. The maximum Gasteiger partial charge on any atom is 0.307 e. The lowest BCUT2D eigenvalue weighted by Gasteiger charge is -2.23. The summed E-state index contributed by atoms with van der Waals surface area (Å²) in [6, 6.07) is 4.21. The van der Waals surface area contributed by atoms with E-state index in [1.54, 1.807) is 6.07 Å². The number of amides is 1. The second kappa shape index (κ2) is 6.02. The summed E-state index contributed by atoms with van der Waals surface area (Å²) in [4.78, 5) is 23.9. The number of benzene rings is 1. The molecule has 1 amide bonds. The van der Waals surface area contributed by atoms with Crippen LogP contribution in [0.3, 0.4) is 0 Å². The molecule has 122 valence electrons. The monoisotopic (exact) mass is 319 g/mol. The van der Waals surface area contributed by atoms with Gasteiger partial charge in [-0.25, -0.2) is 4.39 Å². The van der Waals surface area contributed by atoms with E-state index in [0.29, 0.717) is 17.7 Å². The summed E-state index contributed by atoms with van der Waals surface area (Å²) < 4.78 is 18.4. The Balaban J connectivity index is 1.69. The van der Waals surface area contributed by atoms with Crippen molar-refractivity contribution in [3.8, 4) is 5.75 Å². The molecular weight excluding hydrogens is 301 g/mol. The minimum Gasteiger partial charge on any atom is -0.497 e. The number of fused-ring (bicyclic) bond motifs is 2. The summed E-state index contributed by atoms with van der Waals surface area (Å²) in [5.41, 5.74) is 0.570. The van der Waals surface area contributed by atoms with E-state index in [4.69, 9.17) is 4.74 Å². The number of ether oxygens (including phenoxy) is 1. The largest absolute Gasteiger partial charge is 0.497 e. The van der Waals surface area contributed by atoms with Crippen molar-refractivity contribution in [1.82, 2.24) is 5.32 Å². The van der Waals surface area contributed by atoms with Gasteiger partial charge in [-0.05, 0) is 36.0 Å². The van der Waals surface area contributed by atoms with Gasteiger partial charge in [-0.15, -0.1) is 0 Å². The lowest BCUT2D eigenvalue weighted by molar-refractivity contribution is -0.147. The van der Waals surface area contributed by atoms with Gasteiger partial charge in [-0.1, -0.05) is 12.2 Å². The molecule has 4 unspecified atom stereocenters. The van der Waals surface area contributed by atoms with Crippen LogP contribution in [0.25, 0.3) is 0 Å². The number of carbonyl (C=O) groups is 2. The number of carbonyl (C=O) groups excluding carboxylic acids is 1. The van der Waals surface area contributed by atoms with E-state index in [1.807, 2.05) is 12.2 Å². The molecule has 4 atom stereocenters. The predicted molar refractivity (Wildman–Crippen MR) is 80.2 cm³/mol. The molecule has 0 aromatic heterocycles. The smallest absolute Gasteiger partial charge is 0.307 e. The summed E-state index contributed by atoms with van der Waals surface area (Å²) in [5.74, 6) is -2.62. The van der Waals surface area contributed by atoms with Crippen LogP contribution in [-0.2, 0) is 16.1 Å². The van der Waals surface area contributed by atoms with Gasteiger partial charge in [0, 0.05) is 12.6 Å². The zero-order chi connectivity index (χ0) is 16.6. The van der Waals surface area contributed by atoms with Gasteiger partial charge in [0.05, 0.1) is 18.9 Å². The number of halogens is 1. The fourth-order valence-corrected chi connectivity index (χ4v) is 3.66. The molecular formula is C17H18FNO4. The quantitative estimate of drug-likeness (QED) is 0.814. The molecule has 0 spiro atoms. The number of nitrogens with one attached hydrogen (secondary N) is 1. The van der Waals surface area contributed by atoms with E-state index in [9.17, 15) is 19.1 Å². The molecule has 5 nitrogen and oxygen atoms in total. The number of rotatable bonds is 5. The van der Waals surface area contributed by atoms with Crippen LogP contribution in [0.5, 0.6) is 5.75 Å². The predicted octanol–water partition coefficient (Wildman–Crippen LogP) is 1.97. The number of allylic oxidation sites excluding steroid dienone is 2. The Labute approximate surface area is 133 Å². The van der Waals surface area contributed by atoms with Crippen molar-refractivity contribution in [3.63, 3.8) is 0 Å². The number of methoxy groups -OCH3 is 1. The third-order valence-corrected chi connectivity index (χ3v) is 4.68. The molecule has 0 saturated heterocycles. The van der Waals surface area contributed by atoms with E-state index in [-0.39, 0.29) is 24.3 Å². The highest BCUT2D eigenvalue weighted by molar-refractivity contribution is 5.86. The second-order valence-electron chi connectivity index (χ2n) is 6.06. The molecule has 2 aliphatic rings. The molecule has 1 fully saturated rings. The Morgan fingerprint density at radius 1 is 1.26 bits per heavy atom. The van der Waals surface area contributed by atoms with Crippen molar-refractivity contribution in [1.29, 1.82) is 0 Å². The molecule has 1 saturated carbocycles. The molecule has 2 aliphatic carbocycles. The van der Waals surface area contributed by atoms with Gasteiger partial charge >= 0.3 is 5.97 Å². The Bertz CT molecular complexity index is 673. The van der Waals surface area contributed by atoms with Crippen LogP contribution in [0.4, 0.5) is 4.39 Å². The second-order valence-corrected chi connectivity index (χ2v) is 6.06. The highest BCUT2D eigenvalue weighted by Crippen LogP contribution is 2.48. The molecule has 1 aromatic rings. The normalized spacial score (nSPS) is 27.9. The molecule has 2 N–H and O–H groups in total. The summed E-state index contributed by atoms with van der Waals surface area (Å²) in [5, 5.41) is 12.1. The lowest BCUT2D eigenvalue weighted by Crippen LogP contribution is -2.39. The van der Waals surface area contributed by atoms with Crippen molar-refractivity contribution in [2.24, 2.45) is 23.7 Å². The van der Waals surface area contributed by atoms with Crippen LogP contribution in [0.15, 0.2) is 30.4 Å². The maximum absolute atomic E-state index is 13.5. The molecule has 0 heterocycles.